The van der Waals surface area contributed by atoms with Crippen LogP contribution in [0.25, 0.3) is 0 Å². The monoisotopic (exact) mass is 355 g/mol. The summed E-state index contributed by atoms with van der Waals surface area (Å²) in [6.07, 6.45) is 1.49. The second kappa shape index (κ2) is 6.29. The predicted octanol–water partition coefficient (Wildman–Crippen LogP) is 1.85. The molecule has 26 heavy (non-hydrogen) atoms. The molecule has 1 aliphatic rings. The first-order valence-corrected chi connectivity index (χ1v) is 8.13. The van der Waals surface area contributed by atoms with Crippen molar-refractivity contribution >= 4 is 18.2 Å². The van der Waals surface area contributed by atoms with Gasteiger partial charge >= 0.3 is 6.03 Å². The van der Waals surface area contributed by atoms with Gasteiger partial charge in [-0.25, -0.2) is 4.79 Å². The first kappa shape index (κ1) is 17.7. The number of hydrogen-bond acceptors (Lipinski definition) is 5. The number of benzene rings is 1. The van der Waals surface area contributed by atoms with Crippen LogP contribution in [-0.2, 0) is 17.4 Å². The zero-order valence-electron chi connectivity index (χ0n) is 15.4. The number of rotatable bonds is 4. The van der Waals surface area contributed by atoms with Crippen LogP contribution in [0.4, 0.5) is 4.79 Å². The number of imide groups is 1. The minimum absolute atomic E-state index is 0.442. The standard InChI is InChI=1S/C18H21N5O3/c1-11-15(12(2)22(4)21-11)10-19-23-16(24)18(3,20-17(23)25)13-6-8-14(26-5)9-7-13/h6-10H,1-5H3,(H,20,25)/b19-10-/t18-/m0/s1. The average molecular weight is 355 g/mol. The molecule has 8 heteroatoms. The van der Waals surface area contributed by atoms with Crippen LogP contribution in [0, 0.1) is 13.8 Å². The Morgan fingerprint density at radius 1 is 1.23 bits per heavy atom. The normalized spacial score (nSPS) is 20.1. The van der Waals surface area contributed by atoms with Gasteiger partial charge in [0, 0.05) is 18.3 Å². The molecule has 1 aromatic heterocycles. The minimum Gasteiger partial charge on any atom is -0.497 e. The summed E-state index contributed by atoms with van der Waals surface area (Å²) in [5.41, 5.74) is 1.93. The van der Waals surface area contributed by atoms with Crippen molar-refractivity contribution in [2.75, 3.05) is 7.11 Å². The van der Waals surface area contributed by atoms with E-state index in [1.807, 2.05) is 20.9 Å². The number of carbonyl (C=O) groups is 2. The summed E-state index contributed by atoms with van der Waals surface area (Å²) in [5.74, 6) is 0.231. The predicted molar refractivity (Wildman–Crippen MR) is 96.0 cm³/mol. The highest BCUT2D eigenvalue weighted by Crippen LogP contribution is 2.30. The van der Waals surface area contributed by atoms with Crippen LogP contribution in [-0.4, -0.2) is 40.1 Å². The van der Waals surface area contributed by atoms with Crippen molar-refractivity contribution in [1.29, 1.82) is 0 Å². The SMILES string of the molecule is COc1ccc([C@]2(C)NC(=O)N(/N=C\c3c(C)nn(C)c3C)C2=O)cc1. The average Bonchev–Trinajstić information content (AvgIpc) is 2.99. The molecular weight excluding hydrogens is 334 g/mol. The summed E-state index contributed by atoms with van der Waals surface area (Å²) in [5, 5.41) is 12.0. The van der Waals surface area contributed by atoms with E-state index in [9.17, 15) is 9.59 Å². The summed E-state index contributed by atoms with van der Waals surface area (Å²) >= 11 is 0. The molecule has 0 saturated carbocycles. The van der Waals surface area contributed by atoms with Crippen LogP contribution in [0.5, 0.6) is 5.75 Å². The van der Waals surface area contributed by atoms with E-state index in [1.165, 1.54) is 6.21 Å². The van der Waals surface area contributed by atoms with Crippen molar-refractivity contribution < 1.29 is 14.3 Å². The molecule has 0 spiro atoms. The second-order valence-electron chi connectivity index (χ2n) is 6.35. The molecule has 2 heterocycles. The summed E-state index contributed by atoms with van der Waals surface area (Å²) in [7, 11) is 3.40. The topological polar surface area (TPSA) is 88.8 Å². The summed E-state index contributed by atoms with van der Waals surface area (Å²) in [4.78, 5) is 25.2. The number of carbonyl (C=O) groups excluding carboxylic acids is 2. The molecule has 1 fully saturated rings. The van der Waals surface area contributed by atoms with E-state index in [1.54, 1.807) is 43.0 Å². The Morgan fingerprint density at radius 2 is 1.88 bits per heavy atom. The van der Waals surface area contributed by atoms with E-state index in [4.69, 9.17) is 4.74 Å². The molecule has 0 unspecified atom stereocenters. The van der Waals surface area contributed by atoms with E-state index in [-0.39, 0.29) is 0 Å². The summed E-state index contributed by atoms with van der Waals surface area (Å²) in [6.45, 7) is 5.40. The number of methoxy groups -OCH3 is 1. The molecule has 8 nitrogen and oxygen atoms in total. The Balaban J connectivity index is 1.89. The van der Waals surface area contributed by atoms with Crippen molar-refractivity contribution in [2.45, 2.75) is 26.3 Å². The Bertz CT molecular complexity index is 900. The lowest BCUT2D eigenvalue weighted by Crippen LogP contribution is -2.40. The number of amides is 3. The van der Waals surface area contributed by atoms with Gasteiger partial charge < -0.3 is 10.1 Å². The molecule has 1 atom stereocenters. The molecule has 0 bridgehead atoms. The molecule has 1 saturated heterocycles. The lowest BCUT2D eigenvalue weighted by Gasteiger charge is -2.21. The van der Waals surface area contributed by atoms with E-state index in [2.05, 4.69) is 15.5 Å². The van der Waals surface area contributed by atoms with Crippen molar-refractivity contribution in [3.8, 4) is 5.75 Å². The van der Waals surface area contributed by atoms with Crippen LogP contribution >= 0.6 is 0 Å². The fraction of sp³-hybridized carbons (Fsp3) is 0.333. The van der Waals surface area contributed by atoms with Gasteiger partial charge in [-0.15, -0.1) is 5.01 Å². The molecule has 2 aromatic rings. The maximum absolute atomic E-state index is 12.9. The number of nitrogens with zero attached hydrogens (tertiary/aromatic N) is 4. The third kappa shape index (κ3) is 2.73. The number of aryl methyl sites for hydroxylation is 2. The zero-order chi connectivity index (χ0) is 19.1. The van der Waals surface area contributed by atoms with Gasteiger partial charge in [-0.1, -0.05) is 12.1 Å². The van der Waals surface area contributed by atoms with Gasteiger partial charge in [0.05, 0.1) is 19.0 Å². The zero-order valence-corrected chi connectivity index (χ0v) is 15.4. The highest BCUT2D eigenvalue weighted by atomic mass is 16.5. The molecule has 1 N–H and O–H groups in total. The van der Waals surface area contributed by atoms with E-state index in [0.29, 0.717) is 11.3 Å². The quantitative estimate of drug-likeness (QED) is 0.669. The number of nitrogens with one attached hydrogen (secondary N) is 1. The molecule has 3 rings (SSSR count). The minimum atomic E-state index is -1.18. The maximum Gasteiger partial charge on any atom is 0.346 e. The molecule has 3 amide bonds. The largest absolute Gasteiger partial charge is 0.497 e. The van der Waals surface area contributed by atoms with Crippen LogP contribution in [0.15, 0.2) is 29.4 Å². The van der Waals surface area contributed by atoms with Gasteiger partial charge in [0.1, 0.15) is 11.3 Å². The van der Waals surface area contributed by atoms with Crippen LogP contribution in [0.3, 0.4) is 0 Å². The second-order valence-corrected chi connectivity index (χ2v) is 6.35. The maximum atomic E-state index is 12.9. The lowest BCUT2D eigenvalue weighted by molar-refractivity contribution is -0.131. The van der Waals surface area contributed by atoms with Crippen molar-refractivity contribution in [3.63, 3.8) is 0 Å². The lowest BCUT2D eigenvalue weighted by atomic mass is 9.92. The van der Waals surface area contributed by atoms with Gasteiger partial charge in [0.25, 0.3) is 5.91 Å². The molecule has 136 valence electrons. The summed E-state index contributed by atoms with van der Waals surface area (Å²) < 4.78 is 6.86. The highest BCUT2D eigenvalue weighted by molar-refractivity contribution is 6.07. The van der Waals surface area contributed by atoms with Crippen LogP contribution < -0.4 is 10.1 Å². The first-order valence-electron chi connectivity index (χ1n) is 8.13. The molecule has 0 aliphatic carbocycles. The Morgan fingerprint density at radius 3 is 2.42 bits per heavy atom. The van der Waals surface area contributed by atoms with Gasteiger partial charge in [-0.3, -0.25) is 9.48 Å². The third-order valence-corrected chi connectivity index (χ3v) is 4.70. The number of hydrogen-bond donors (Lipinski definition) is 1. The molecule has 0 radical (unpaired) electrons. The van der Waals surface area contributed by atoms with E-state index in [0.717, 1.165) is 22.0 Å². The van der Waals surface area contributed by atoms with Gasteiger partial charge in [-0.05, 0) is 38.5 Å². The molecule has 1 aliphatic heterocycles. The summed E-state index contributed by atoms with van der Waals surface area (Å²) in [6, 6.07) is 6.42. The fourth-order valence-electron chi connectivity index (χ4n) is 2.94. The first-order chi connectivity index (χ1) is 12.3. The molecular formula is C18H21N5O3. The van der Waals surface area contributed by atoms with E-state index < -0.39 is 17.5 Å². The van der Waals surface area contributed by atoms with E-state index >= 15 is 0 Å². The Kier molecular flexibility index (Phi) is 4.27. The number of hydrazone groups is 1. The van der Waals surface area contributed by atoms with Crippen LogP contribution in [0.1, 0.15) is 29.4 Å². The van der Waals surface area contributed by atoms with Crippen molar-refractivity contribution in [2.24, 2.45) is 12.1 Å². The number of ether oxygens (including phenoxy) is 1. The van der Waals surface area contributed by atoms with Crippen molar-refractivity contribution in [1.82, 2.24) is 20.1 Å². The van der Waals surface area contributed by atoms with Gasteiger partial charge in [-0.2, -0.15) is 10.2 Å². The van der Waals surface area contributed by atoms with Crippen LogP contribution in [0.2, 0.25) is 0 Å². The van der Waals surface area contributed by atoms with Gasteiger partial charge in [0.15, 0.2) is 0 Å². The van der Waals surface area contributed by atoms with Gasteiger partial charge in [0.2, 0.25) is 0 Å². The third-order valence-electron chi connectivity index (χ3n) is 4.70. The number of aromatic nitrogens is 2. The highest BCUT2D eigenvalue weighted by Gasteiger charge is 2.49. The Hall–Kier alpha value is -3.16. The smallest absolute Gasteiger partial charge is 0.346 e. The van der Waals surface area contributed by atoms with Crippen molar-refractivity contribution in [3.05, 3.63) is 46.8 Å². The fourth-order valence-corrected chi connectivity index (χ4v) is 2.94. The molecule has 1 aromatic carbocycles. The number of urea groups is 1. The Labute approximate surface area is 151 Å².